The molecule has 176 valence electrons. The number of rotatable bonds is 4. The van der Waals surface area contributed by atoms with Crippen molar-refractivity contribution in [1.82, 2.24) is 9.97 Å². The Morgan fingerprint density at radius 1 is 0.886 bits per heavy atom. The summed E-state index contributed by atoms with van der Waals surface area (Å²) in [6.45, 7) is 6.57. The predicted octanol–water partition coefficient (Wildman–Crippen LogP) is 7.04. The average molecular weight is 484 g/mol. The van der Waals surface area contributed by atoms with Gasteiger partial charge in [0.2, 0.25) is 5.91 Å². The van der Waals surface area contributed by atoms with E-state index < -0.39 is 5.41 Å². The molecule has 2 unspecified atom stereocenters. The molecule has 0 spiro atoms. The summed E-state index contributed by atoms with van der Waals surface area (Å²) in [5, 5.41) is 3.70. The van der Waals surface area contributed by atoms with E-state index in [9.17, 15) is 4.79 Å². The molecule has 6 heteroatoms. The zero-order valence-corrected chi connectivity index (χ0v) is 20.7. The van der Waals surface area contributed by atoms with E-state index in [-0.39, 0.29) is 16.7 Å². The number of carbonyl (C=O) groups excluding carboxylic acids is 1. The summed E-state index contributed by atoms with van der Waals surface area (Å²) in [6.07, 6.45) is 1.58. The first-order valence-electron chi connectivity index (χ1n) is 11.9. The van der Waals surface area contributed by atoms with Gasteiger partial charge in [0.1, 0.15) is 5.75 Å². The van der Waals surface area contributed by atoms with Gasteiger partial charge in [-0.1, -0.05) is 62.7 Å². The number of carbonyl (C=O) groups is 1. The molecule has 1 amide bonds. The number of ether oxygens (including phenoxy) is 1. The number of amides is 1. The molecular formula is C29H26ClN3O2. The number of halogens is 1. The summed E-state index contributed by atoms with van der Waals surface area (Å²) in [6, 6.07) is 22.6. The summed E-state index contributed by atoms with van der Waals surface area (Å²) < 4.78 is 6.10. The molecule has 1 saturated carbocycles. The molecule has 35 heavy (non-hydrogen) atoms. The van der Waals surface area contributed by atoms with Crippen LogP contribution < -0.4 is 10.1 Å². The third-order valence-electron chi connectivity index (χ3n) is 8.49. The number of benzene rings is 3. The molecular weight excluding hydrogens is 458 g/mol. The highest BCUT2D eigenvalue weighted by molar-refractivity contribution is 6.31. The topological polar surface area (TPSA) is 64.1 Å². The molecule has 6 rings (SSSR count). The fourth-order valence-electron chi connectivity index (χ4n) is 6.08. The van der Waals surface area contributed by atoms with Crippen LogP contribution in [-0.4, -0.2) is 15.9 Å². The Morgan fingerprint density at radius 2 is 1.54 bits per heavy atom. The number of hydrogen-bond acceptors (Lipinski definition) is 4. The van der Waals surface area contributed by atoms with Crippen LogP contribution in [0.4, 0.5) is 5.69 Å². The quantitative estimate of drug-likeness (QED) is 0.338. The fourth-order valence-corrected chi connectivity index (χ4v) is 6.25. The zero-order valence-electron chi connectivity index (χ0n) is 19.9. The highest BCUT2D eigenvalue weighted by Gasteiger charge is 2.73. The molecule has 0 saturated heterocycles. The van der Waals surface area contributed by atoms with Crippen molar-refractivity contribution in [2.24, 2.45) is 5.41 Å². The number of aromatic nitrogens is 2. The summed E-state index contributed by atoms with van der Waals surface area (Å²) in [7, 11) is 0. The molecule has 2 aliphatic carbocycles. The maximum absolute atomic E-state index is 14.3. The lowest BCUT2D eigenvalue weighted by molar-refractivity contribution is -0.125. The van der Waals surface area contributed by atoms with E-state index in [1.165, 1.54) is 0 Å². The minimum atomic E-state index is -0.819. The molecule has 1 fully saturated rings. The normalized spacial score (nSPS) is 23.8. The molecule has 2 bridgehead atoms. The summed E-state index contributed by atoms with van der Waals surface area (Å²) in [5.74, 6) is 1.11. The van der Waals surface area contributed by atoms with E-state index in [0.29, 0.717) is 28.6 Å². The van der Waals surface area contributed by atoms with Gasteiger partial charge in [-0.25, -0.2) is 9.97 Å². The summed E-state index contributed by atoms with van der Waals surface area (Å²) >= 11 is 6.34. The fraction of sp³-hybridized carbons (Fsp3) is 0.276. The monoisotopic (exact) mass is 483 g/mol. The highest BCUT2D eigenvalue weighted by atomic mass is 35.5. The molecule has 2 aliphatic rings. The van der Waals surface area contributed by atoms with Crippen molar-refractivity contribution in [2.45, 2.75) is 44.4 Å². The van der Waals surface area contributed by atoms with Gasteiger partial charge in [-0.05, 0) is 60.7 Å². The van der Waals surface area contributed by atoms with Crippen LogP contribution in [0.1, 0.15) is 45.0 Å². The van der Waals surface area contributed by atoms with E-state index in [1.807, 2.05) is 54.6 Å². The second kappa shape index (κ2) is 7.53. The van der Waals surface area contributed by atoms with Crippen molar-refractivity contribution < 1.29 is 9.53 Å². The van der Waals surface area contributed by atoms with Crippen LogP contribution in [0, 0.1) is 5.41 Å². The van der Waals surface area contributed by atoms with Crippen molar-refractivity contribution in [3.63, 3.8) is 0 Å². The van der Waals surface area contributed by atoms with Gasteiger partial charge in [-0.2, -0.15) is 0 Å². The zero-order chi connectivity index (χ0) is 24.4. The van der Waals surface area contributed by atoms with Crippen molar-refractivity contribution in [3.05, 3.63) is 89.2 Å². The number of hydrogen-bond donors (Lipinski definition) is 1. The van der Waals surface area contributed by atoms with Gasteiger partial charge in [0.15, 0.2) is 5.75 Å². The standard InChI is InChI=1S/C29H26ClN3O2/c1-27(2)28(3)15-16-29(27,25-24(28)31-20-11-7-8-12-21(20)32-25)26(34)33-22-17-18(30)13-14-23(22)35-19-9-5-4-6-10-19/h4-14,17H,15-16H2,1-3H3,(H,33,34). The Labute approximate surface area is 209 Å². The number of fused-ring (bicyclic) bond motifs is 6. The number of para-hydroxylation sites is 3. The molecule has 4 aromatic rings. The van der Waals surface area contributed by atoms with Crippen LogP contribution in [0.5, 0.6) is 11.5 Å². The second-order valence-corrected chi connectivity index (χ2v) is 10.7. The first kappa shape index (κ1) is 22.1. The van der Waals surface area contributed by atoms with Gasteiger partial charge in [-0.3, -0.25) is 4.79 Å². The molecule has 1 aromatic heterocycles. The molecule has 0 aliphatic heterocycles. The Balaban J connectivity index is 1.45. The Bertz CT molecular complexity index is 1490. The van der Waals surface area contributed by atoms with Gasteiger partial charge in [0.05, 0.1) is 33.5 Å². The third kappa shape index (κ3) is 2.97. The van der Waals surface area contributed by atoms with Crippen LogP contribution in [0.25, 0.3) is 11.0 Å². The van der Waals surface area contributed by atoms with Crippen molar-refractivity contribution in [3.8, 4) is 11.5 Å². The van der Waals surface area contributed by atoms with Crippen LogP contribution in [-0.2, 0) is 15.6 Å². The Hall–Kier alpha value is -3.44. The van der Waals surface area contributed by atoms with Crippen molar-refractivity contribution >= 4 is 34.2 Å². The Morgan fingerprint density at radius 3 is 2.26 bits per heavy atom. The SMILES string of the molecule is CC12CCC(C(=O)Nc3cc(Cl)ccc3Oc3ccccc3)(c3nc4ccccc4nc31)C2(C)C. The van der Waals surface area contributed by atoms with Crippen LogP contribution in [0.3, 0.4) is 0 Å². The lowest BCUT2D eigenvalue weighted by Gasteiger charge is -2.39. The van der Waals surface area contributed by atoms with Crippen LogP contribution >= 0.6 is 11.6 Å². The second-order valence-electron chi connectivity index (χ2n) is 10.3. The van der Waals surface area contributed by atoms with Crippen LogP contribution in [0.15, 0.2) is 72.8 Å². The Kier molecular flexibility index (Phi) is 4.74. The van der Waals surface area contributed by atoms with Crippen molar-refractivity contribution in [2.75, 3.05) is 5.32 Å². The van der Waals surface area contributed by atoms with Gasteiger partial charge >= 0.3 is 0 Å². The first-order valence-corrected chi connectivity index (χ1v) is 12.3. The predicted molar refractivity (Wildman–Crippen MR) is 138 cm³/mol. The number of nitrogens with zero attached hydrogens (tertiary/aromatic N) is 2. The van der Waals surface area contributed by atoms with E-state index in [2.05, 4.69) is 26.1 Å². The van der Waals surface area contributed by atoms with Gasteiger partial charge < -0.3 is 10.1 Å². The smallest absolute Gasteiger partial charge is 0.237 e. The van der Waals surface area contributed by atoms with E-state index in [4.69, 9.17) is 26.3 Å². The van der Waals surface area contributed by atoms with Gasteiger partial charge in [-0.15, -0.1) is 0 Å². The molecule has 3 aromatic carbocycles. The molecule has 1 heterocycles. The van der Waals surface area contributed by atoms with Gasteiger partial charge in [0.25, 0.3) is 0 Å². The molecule has 5 nitrogen and oxygen atoms in total. The number of anilines is 1. The van der Waals surface area contributed by atoms with E-state index >= 15 is 0 Å². The minimum Gasteiger partial charge on any atom is -0.455 e. The van der Waals surface area contributed by atoms with E-state index in [1.54, 1.807) is 18.2 Å². The average Bonchev–Trinajstić information content (AvgIpc) is 3.15. The summed E-state index contributed by atoms with van der Waals surface area (Å²) in [4.78, 5) is 24.4. The maximum atomic E-state index is 14.3. The molecule has 2 atom stereocenters. The van der Waals surface area contributed by atoms with Crippen LogP contribution in [0.2, 0.25) is 5.02 Å². The third-order valence-corrected chi connectivity index (χ3v) is 8.73. The van der Waals surface area contributed by atoms with Crippen molar-refractivity contribution in [1.29, 1.82) is 0 Å². The van der Waals surface area contributed by atoms with E-state index in [0.717, 1.165) is 28.8 Å². The first-order chi connectivity index (χ1) is 16.8. The lowest BCUT2D eigenvalue weighted by atomic mass is 9.63. The molecule has 0 radical (unpaired) electrons. The highest BCUT2D eigenvalue weighted by Crippen LogP contribution is 2.70. The largest absolute Gasteiger partial charge is 0.455 e. The maximum Gasteiger partial charge on any atom is 0.237 e. The summed E-state index contributed by atoms with van der Waals surface area (Å²) in [5.41, 5.74) is 2.47. The molecule has 1 N–H and O–H groups in total. The minimum absolute atomic E-state index is 0.102. The van der Waals surface area contributed by atoms with Gasteiger partial charge in [0, 0.05) is 10.4 Å². The lowest BCUT2D eigenvalue weighted by Crippen LogP contribution is -2.48. The number of nitrogens with one attached hydrogen (secondary N) is 1.